The van der Waals surface area contributed by atoms with Gasteiger partial charge in [-0.05, 0) is 49.4 Å². The maximum Gasteiger partial charge on any atom is 0.472 e. The van der Waals surface area contributed by atoms with Gasteiger partial charge in [0.2, 0.25) is 0 Å². The Kier molecular flexibility index (Phi) is 65.9. The molecule has 0 aliphatic rings. The topological polar surface area (TPSA) is 237 Å². The number of carbonyl (C=O) groups is 4. The van der Waals surface area contributed by atoms with Crippen LogP contribution >= 0.6 is 15.6 Å². The molecular weight excluding hydrogens is 1270 g/mol. The second-order valence-corrected chi connectivity index (χ2v) is 32.7. The minimum atomic E-state index is -4.96. The van der Waals surface area contributed by atoms with Gasteiger partial charge in [-0.3, -0.25) is 37.3 Å². The minimum absolute atomic E-state index is 0.106. The smallest absolute Gasteiger partial charge is 0.462 e. The van der Waals surface area contributed by atoms with Crippen LogP contribution in [0.2, 0.25) is 0 Å². The zero-order valence-corrected chi connectivity index (χ0v) is 65.5. The van der Waals surface area contributed by atoms with Crippen molar-refractivity contribution in [3.63, 3.8) is 0 Å². The summed E-state index contributed by atoms with van der Waals surface area (Å²) in [6.45, 7) is 14.2. The number of phosphoric ester groups is 2. The highest BCUT2D eigenvalue weighted by atomic mass is 31.2. The van der Waals surface area contributed by atoms with Crippen molar-refractivity contribution in [2.75, 3.05) is 39.6 Å². The maximum atomic E-state index is 13.1. The summed E-state index contributed by atoms with van der Waals surface area (Å²) in [4.78, 5) is 72.9. The van der Waals surface area contributed by atoms with E-state index >= 15 is 0 Å². The summed E-state index contributed by atoms with van der Waals surface area (Å²) in [6.07, 6.45) is 52.6. The molecule has 0 aromatic heterocycles. The third kappa shape index (κ3) is 70.9. The highest BCUT2D eigenvalue weighted by Crippen LogP contribution is 2.45. The van der Waals surface area contributed by atoms with Crippen molar-refractivity contribution in [3.05, 3.63) is 0 Å². The number of esters is 4. The molecule has 0 aliphatic carbocycles. The van der Waals surface area contributed by atoms with Crippen LogP contribution in [0, 0.1) is 23.7 Å². The van der Waals surface area contributed by atoms with Crippen LogP contribution in [0.25, 0.3) is 0 Å². The Hall–Kier alpha value is -1.94. The van der Waals surface area contributed by atoms with Crippen LogP contribution in [0.4, 0.5) is 0 Å². The van der Waals surface area contributed by atoms with Crippen LogP contribution in [0.15, 0.2) is 0 Å². The molecule has 0 saturated carbocycles. The lowest BCUT2D eigenvalue weighted by Gasteiger charge is -2.21. The molecule has 0 spiro atoms. The number of hydrogen-bond acceptors (Lipinski definition) is 15. The first-order valence-corrected chi connectivity index (χ1v) is 43.2. The van der Waals surface area contributed by atoms with Crippen LogP contribution in [-0.4, -0.2) is 96.7 Å². The summed E-state index contributed by atoms with van der Waals surface area (Å²) in [5.74, 6) is 0.986. The van der Waals surface area contributed by atoms with E-state index < -0.39 is 97.5 Å². The van der Waals surface area contributed by atoms with E-state index in [1.165, 1.54) is 199 Å². The number of phosphoric acid groups is 2. The van der Waals surface area contributed by atoms with Crippen LogP contribution in [0.1, 0.15) is 396 Å². The summed E-state index contributed by atoms with van der Waals surface area (Å²) in [6, 6.07) is 0. The molecular formula is C78H152O17P2. The van der Waals surface area contributed by atoms with Crippen LogP contribution in [0.5, 0.6) is 0 Å². The Balaban J connectivity index is 5.26. The molecule has 4 unspecified atom stereocenters. The van der Waals surface area contributed by atoms with Gasteiger partial charge in [-0.2, -0.15) is 0 Å². The number of aliphatic hydroxyl groups excluding tert-OH is 1. The van der Waals surface area contributed by atoms with Gasteiger partial charge in [0.1, 0.15) is 19.3 Å². The maximum absolute atomic E-state index is 13.1. The second kappa shape index (κ2) is 67.2. The zero-order chi connectivity index (χ0) is 71.7. The molecule has 3 N–H and O–H groups in total. The molecule has 0 heterocycles. The van der Waals surface area contributed by atoms with E-state index in [2.05, 4.69) is 55.4 Å². The van der Waals surface area contributed by atoms with Gasteiger partial charge < -0.3 is 33.8 Å². The fourth-order valence-electron chi connectivity index (χ4n) is 11.9. The molecule has 0 aromatic rings. The Morgan fingerprint density at radius 3 is 0.732 bits per heavy atom. The summed E-state index contributed by atoms with van der Waals surface area (Å²) in [7, 11) is -9.92. The van der Waals surface area contributed by atoms with Crippen molar-refractivity contribution in [1.82, 2.24) is 0 Å². The van der Waals surface area contributed by atoms with E-state index in [0.29, 0.717) is 25.7 Å². The summed E-state index contributed by atoms with van der Waals surface area (Å²) < 4.78 is 68.6. The third-order valence-electron chi connectivity index (χ3n) is 18.4. The second-order valence-electron chi connectivity index (χ2n) is 29.8. The fourth-order valence-corrected chi connectivity index (χ4v) is 13.5. The molecule has 6 atom stereocenters. The van der Waals surface area contributed by atoms with Gasteiger partial charge in [0.05, 0.1) is 26.4 Å². The van der Waals surface area contributed by atoms with Gasteiger partial charge in [0.25, 0.3) is 0 Å². The van der Waals surface area contributed by atoms with Crippen molar-refractivity contribution in [2.45, 2.75) is 414 Å². The van der Waals surface area contributed by atoms with Gasteiger partial charge in [0.15, 0.2) is 12.2 Å². The molecule has 0 radical (unpaired) electrons. The first kappa shape index (κ1) is 95.1. The van der Waals surface area contributed by atoms with Gasteiger partial charge >= 0.3 is 39.5 Å². The van der Waals surface area contributed by atoms with E-state index in [-0.39, 0.29) is 25.7 Å². The lowest BCUT2D eigenvalue weighted by molar-refractivity contribution is -0.161. The summed E-state index contributed by atoms with van der Waals surface area (Å²) in [5.41, 5.74) is 0. The van der Waals surface area contributed by atoms with E-state index in [0.717, 1.165) is 114 Å². The average molecular weight is 1420 g/mol. The molecule has 0 amide bonds. The number of ether oxygens (including phenoxy) is 4. The highest BCUT2D eigenvalue weighted by molar-refractivity contribution is 7.47. The summed E-state index contributed by atoms with van der Waals surface area (Å²) >= 11 is 0. The van der Waals surface area contributed by atoms with Gasteiger partial charge in [-0.25, -0.2) is 9.13 Å². The Bertz CT molecular complexity index is 1900. The molecule has 0 aliphatic heterocycles. The normalized spacial score (nSPS) is 14.4. The van der Waals surface area contributed by atoms with Crippen LogP contribution < -0.4 is 0 Å². The summed E-state index contributed by atoms with van der Waals surface area (Å²) in [5, 5.41) is 10.6. The fraction of sp³-hybridized carbons (Fsp3) is 0.949. The van der Waals surface area contributed by atoms with Gasteiger partial charge in [0, 0.05) is 25.7 Å². The Morgan fingerprint density at radius 2 is 0.495 bits per heavy atom. The minimum Gasteiger partial charge on any atom is -0.462 e. The lowest BCUT2D eigenvalue weighted by Crippen LogP contribution is -2.30. The lowest BCUT2D eigenvalue weighted by atomic mass is 9.99. The molecule has 0 fully saturated rings. The molecule has 0 aromatic carbocycles. The van der Waals surface area contributed by atoms with Gasteiger partial charge in [-0.15, -0.1) is 0 Å². The van der Waals surface area contributed by atoms with Crippen molar-refractivity contribution in [2.24, 2.45) is 23.7 Å². The van der Waals surface area contributed by atoms with E-state index in [9.17, 15) is 43.2 Å². The largest absolute Gasteiger partial charge is 0.472 e. The molecule has 0 bridgehead atoms. The highest BCUT2D eigenvalue weighted by Gasteiger charge is 2.30. The molecule has 19 heteroatoms. The first-order chi connectivity index (χ1) is 46.6. The standard InChI is InChI=1S/C78H152O17P2/c1-9-71(8)57-49-41-33-24-20-21-25-34-42-50-58-75(80)88-64-73(94-77(82)60-52-44-36-26-18-14-12-10-11-13-16-22-30-38-46-54-68(2)3)66-92-96(84,85)90-62-72(79)63-91-97(86,87)93-67-74(65-89-76(81)59-51-43-35-29-28-32-40-48-56-70(6)7)95-78(83)61-53-45-37-27-19-15-17-23-31-39-47-55-69(4)5/h68-74,79H,9-67H2,1-8H3,(H,84,85)(H,86,87)/t71?,72?,73-,74-/m1/s1. The van der Waals surface area contributed by atoms with Crippen molar-refractivity contribution >= 4 is 39.5 Å². The molecule has 0 rings (SSSR count). The molecule has 17 nitrogen and oxygen atoms in total. The number of carbonyl (C=O) groups excluding carboxylic acids is 4. The van der Waals surface area contributed by atoms with Crippen LogP contribution in [-0.2, 0) is 65.4 Å². The molecule has 576 valence electrons. The number of hydrogen-bond donors (Lipinski definition) is 3. The Morgan fingerprint density at radius 1 is 0.289 bits per heavy atom. The van der Waals surface area contributed by atoms with E-state index in [1.54, 1.807) is 0 Å². The quantitative estimate of drug-likeness (QED) is 0.0222. The monoisotopic (exact) mass is 1420 g/mol. The number of rotatable bonds is 75. The SMILES string of the molecule is CCC(C)CCCCCCCCCCCCC(=O)OC[C@H](COP(=O)(O)OCC(O)COP(=O)(O)OC[C@@H](COC(=O)CCCCCCCCCCC(C)C)OC(=O)CCCCCCCCCCCCCC(C)C)OC(=O)CCCCCCCCCCCCCCCCCC(C)C. The predicted octanol–water partition coefficient (Wildman–Crippen LogP) is 22.8. The number of unbranched alkanes of at least 4 members (excludes halogenated alkanes) is 40. The molecule has 0 saturated heterocycles. The Labute approximate surface area is 594 Å². The van der Waals surface area contributed by atoms with E-state index in [1.807, 2.05) is 0 Å². The van der Waals surface area contributed by atoms with Crippen molar-refractivity contribution < 1.29 is 80.2 Å². The van der Waals surface area contributed by atoms with Crippen LogP contribution in [0.3, 0.4) is 0 Å². The first-order valence-electron chi connectivity index (χ1n) is 40.2. The predicted molar refractivity (Wildman–Crippen MR) is 395 cm³/mol. The number of aliphatic hydroxyl groups is 1. The zero-order valence-electron chi connectivity index (χ0n) is 63.7. The van der Waals surface area contributed by atoms with Gasteiger partial charge in [-0.1, -0.05) is 344 Å². The average Bonchev–Trinajstić information content (AvgIpc) is 1.42. The molecule has 97 heavy (non-hydrogen) atoms. The van der Waals surface area contributed by atoms with E-state index in [4.69, 9.17) is 37.0 Å². The van der Waals surface area contributed by atoms with Crippen molar-refractivity contribution in [3.8, 4) is 0 Å². The third-order valence-corrected chi connectivity index (χ3v) is 20.3. The van der Waals surface area contributed by atoms with Crippen molar-refractivity contribution in [1.29, 1.82) is 0 Å².